The number of carbonyl (C=O) groups excluding carboxylic acids is 1. The lowest BCUT2D eigenvalue weighted by Gasteiger charge is -2.37. The molecule has 0 radical (unpaired) electrons. The molecule has 1 amide bonds. The van der Waals surface area contributed by atoms with Gasteiger partial charge in [0.15, 0.2) is 0 Å². The van der Waals surface area contributed by atoms with Gasteiger partial charge in [0, 0.05) is 36.9 Å². The maximum Gasteiger partial charge on any atom is 0.241 e. The average molecular weight is 452 g/mol. The number of piperazine rings is 1. The molecule has 3 rings (SSSR count). The van der Waals surface area contributed by atoms with E-state index in [1.807, 2.05) is 24.3 Å². The zero-order chi connectivity index (χ0) is 21.9. The van der Waals surface area contributed by atoms with Crippen molar-refractivity contribution in [2.75, 3.05) is 38.2 Å². The van der Waals surface area contributed by atoms with Crippen molar-refractivity contribution in [3.8, 4) is 5.75 Å². The van der Waals surface area contributed by atoms with E-state index in [-0.39, 0.29) is 10.8 Å². The number of aryl methyl sites for hydroxylation is 1. The van der Waals surface area contributed by atoms with Crippen LogP contribution < -0.4 is 14.4 Å². The van der Waals surface area contributed by atoms with Crippen molar-refractivity contribution >= 4 is 33.2 Å². The van der Waals surface area contributed by atoms with Crippen LogP contribution in [0.2, 0.25) is 5.02 Å². The number of sulfonamides is 1. The van der Waals surface area contributed by atoms with Crippen LogP contribution >= 0.6 is 11.6 Å². The van der Waals surface area contributed by atoms with Crippen LogP contribution in [0.3, 0.4) is 0 Å². The lowest BCUT2D eigenvalue weighted by Crippen LogP contribution is -2.54. The number of nitrogens with zero attached hydrogens (tertiary/aromatic N) is 2. The summed E-state index contributed by atoms with van der Waals surface area (Å²) in [5.41, 5.74) is 1.72. The molecule has 1 aliphatic heterocycles. The van der Waals surface area contributed by atoms with Crippen LogP contribution in [0, 0.1) is 6.92 Å². The van der Waals surface area contributed by atoms with Gasteiger partial charge in [-0.25, -0.2) is 8.42 Å². The SMILES string of the molecule is COc1ccc(S(=O)(=O)N[C@@H](C)C(=O)N2CCN(c3cccc(Cl)c3)CC2)cc1C. The van der Waals surface area contributed by atoms with Gasteiger partial charge in [0.25, 0.3) is 0 Å². The summed E-state index contributed by atoms with van der Waals surface area (Å²) in [6.07, 6.45) is 0. The first-order valence-electron chi connectivity index (χ1n) is 9.67. The number of hydrogen-bond donors (Lipinski definition) is 1. The Morgan fingerprint density at radius 2 is 1.83 bits per heavy atom. The van der Waals surface area contributed by atoms with Crippen molar-refractivity contribution in [2.45, 2.75) is 24.8 Å². The molecule has 7 nitrogen and oxygen atoms in total. The lowest BCUT2D eigenvalue weighted by atomic mass is 10.2. The molecule has 1 aliphatic rings. The fourth-order valence-corrected chi connectivity index (χ4v) is 4.97. The van der Waals surface area contributed by atoms with Crippen molar-refractivity contribution in [1.29, 1.82) is 0 Å². The monoisotopic (exact) mass is 451 g/mol. The minimum absolute atomic E-state index is 0.103. The maximum atomic E-state index is 12.8. The molecule has 30 heavy (non-hydrogen) atoms. The van der Waals surface area contributed by atoms with Crippen molar-refractivity contribution in [2.24, 2.45) is 0 Å². The van der Waals surface area contributed by atoms with E-state index < -0.39 is 16.1 Å². The van der Waals surface area contributed by atoms with Crippen molar-refractivity contribution in [3.05, 3.63) is 53.1 Å². The van der Waals surface area contributed by atoms with E-state index in [9.17, 15) is 13.2 Å². The number of methoxy groups -OCH3 is 1. The summed E-state index contributed by atoms with van der Waals surface area (Å²) in [7, 11) is -2.30. The van der Waals surface area contributed by atoms with E-state index in [1.165, 1.54) is 19.2 Å². The Bertz CT molecular complexity index is 1020. The molecule has 0 unspecified atom stereocenters. The third-order valence-corrected chi connectivity index (χ3v) is 6.92. The molecule has 1 atom stereocenters. The van der Waals surface area contributed by atoms with Gasteiger partial charge < -0.3 is 14.5 Å². The number of hydrogen-bond acceptors (Lipinski definition) is 5. The topological polar surface area (TPSA) is 78.9 Å². The van der Waals surface area contributed by atoms with Crippen molar-refractivity contribution in [3.63, 3.8) is 0 Å². The molecule has 0 aromatic heterocycles. The molecule has 1 fully saturated rings. The van der Waals surface area contributed by atoms with Gasteiger partial charge in [-0.15, -0.1) is 0 Å². The van der Waals surface area contributed by atoms with Crippen molar-refractivity contribution in [1.82, 2.24) is 9.62 Å². The molecule has 1 heterocycles. The number of nitrogens with one attached hydrogen (secondary N) is 1. The first-order valence-corrected chi connectivity index (χ1v) is 11.5. The Morgan fingerprint density at radius 3 is 2.43 bits per heavy atom. The normalized spacial score (nSPS) is 15.7. The van der Waals surface area contributed by atoms with Crippen LogP contribution in [-0.4, -0.2) is 58.6 Å². The Kier molecular flexibility index (Phi) is 6.90. The molecule has 1 saturated heterocycles. The fraction of sp³-hybridized carbons (Fsp3) is 0.381. The summed E-state index contributed by atoms with van der Waals surface area (Å²) < 4.78 is 33.1. The van der Waals surface area contributed by atoms with Gasteiger partial charge in [-0.3, -0.25) is 4.79 Å². The minimum atomic E-state index is -3.83. The molecule has 162 valence electrons. The van der Waals surface area contributed by atoms with Gasteiger partial charge in [0.2, 0.25) is 15.9 Å². The summed E-state index contributed by atoms with van der Waals surface area (Å²) in [6.45, 7) is 5.68. The Hall–Kier alpha value is -2.29. The third kappa shape index (κ3) is 5.06. The van der Waals surface area contributed by atoms with Gasteiger partial charge in [0.05, 0.1) is 18.0 Å². The quantitative estimate of drug-likeness (QED) is 0.730. The highest BCUT2D eigenvalue weighted by molar-refractivity contribution is 7.89. The van der Waals surface area contributed by atoms with Gasteiger partial charge in [0.1, 0.15) is 5.75 Å². The molecule has 2 aromatic carbocycles. The van der Waals surface area contributed by atoms with E-state index in [4.69, 9.17) is 16.3 Å². The number of benzene rings is 2. The Morgan fingerprint density at radius 1 is 1.13 bits per heavy atom. The average Bonchev–Trinajstić information content (AvgIpc) is 2.73. The smallest absolute Gasteiger partial charge is 0.241 e. The van der Waals surface area contributed by atoms with E-state index in [0.29, 0.717) is 42.5 Å². The van der Waals surface area contributed by atoms with Crippen LogP contribution in [-0.2, 0) is 14.8 Å². The van der Waals surface area contributed by atoms with Crippen LogP contribution in [0.4, 0.5) is 5.69 Å². The van der Waals surface area contributed by atoms with E-state index >= 15 is 0 Å². The summed E-state index contributed by atoms with van der Waals surface area (Å²) >= 11 is 6.06. The summed E-state index contributed by atoms with van der Waals surface area (Å²) in [6, 6.07) is 11.3. The number of halogens is 1. The highest BCUT2D eigenvalue weighted by Gasteiger charge is 2.28. The summed E-state index contributed by atoms with van der Waals surface area (Å²) in [4.78, 5) is 16.8. The summed E-state index contributed by atoms with van der Waals surface area (Å²) in [5.74, 6) is 0.366. The predicted molar refractivity (Wildman–Crippen MR) is 118 cm³/mol. The zero-order valence-corrected chi connectivity index (χ0v) is 18.8. The Labute approximate surface area is 182 Å². The molecule has 0 saturated carbocycles. The second kappa shape index (κ2) is 9.24. The largest absolute Gasteiger partial charge is 0.496 e. The predicted octanol–water partition coefficient (Wildman–Crippen LogP) is 2.67. The first-order chi connectivity index (χ1) is 14.2. The molecule has 9 heteroatoms. The van der Waals surface area contributed by atoms with Crippen molar-refractivity contribution < 1.29 is 17.9 Å². The second-order valence-corrected chi connectivity index (χ2v) is 9.42. The van der Waals surface area contributed by atoms with E-state index in [1.54, 1.807) is 24.8 Å². The van der Waals surface area contributed by atoms with Gasteiger partial charge in [-0.05, 0) is 55.8 Å². The first kappa shape index (κ1) is 22.4. The number of anilines is 1. The van der Waals surface area contributed by atoms with Gasteiger partial charge in [-0.1, -0.05) is 17.7 Å². The molecular formula is C21H26ClN3O4S. The fourth-order valence-electron chi connectivity index (χ4n) is 3.50. The minimum Gasteiger partial charge on any atom is -0.496 e. The molecular weight excluding hydrogens is 426 g/mol. The van der Waals surface area contributed by atoms with Crippen LogP contribution in [0.5, 0.6) is 5.75 Å². The van der Waals surface area contributed by atoms with E-state index in [0.717, 1.165) is 5.69 Å². The standard InChI is InChI=1S/C21H26ClN3O4S/c1-15-13-19(7-8-20(15)29-3)30(27,28)23-16(2)21(26)25-11-9-24(10-12-25)18-6-4-5-17(22)14-18/h4-8,13-14,16,23H,9-12H2,1-3H3/t16-/m0/s1. The second-order valence-electron chi connectivity index (χ2n) is 7.27. The molecule has 0 spiro atoms. The van der Waals surface area contributed by atoms with Crippen LogP contribution in [0.1, 0.15) is 12.5 Å². The number of amides is 1. The zero-order valence-electron chi connectivity index (χ0n) is 17.3. The Balaban J connectivity index is 1.61. The summed E-state index contributed by atoms with van der Waals surface area (Å²) in [5, 5.41) is 0.669. The molecule has 1 N–H and O–H groups in total. The van der Waals surface area contributed by atoms with Crippen LogP contribution in [0.15, 0.2) is 47.4 Å². The lowest BCUT2D eigenvalue weighted by molar-refractivity contribution is -0.132. The number of rotatable bonds is 6. The molecule has 2 aromatic rings. The number of ether oxygens (including phenoxy) is 1. The number of carbonyl (C=O) groups is 1. The molecule has 0 bridgehead atoms. The highest BCUT2D eigenvalue weighted by Crippen LogP contribution is 2.22. The maximum absolute atomic E-state index is 12.8. The molecule has 0 aliphatic carbocycles. The van der Waals surface area contributed by atoms with E-state index in [2.05, 4.69) is 9.62 Å². The van der Waals surface area contributed by atoms with Gasteiger partial charge >= 0.3 is 0 Å². The highest BCUT2D eigenvalue weighted by atomic mass is 35.5. The van der Waals surface area contributed by atoms with Crippen LogP contribution in [0.25, 0.3) is 0 Å². The third-order valence-electron chi connectivity index (χ3n) is 5.14. The van der Waals surface area contributed by atoms with Gasteiger partial charge in [-0.2, -0.15) is 4.72 Å².